The van der Waals surface area contributed by atoms with Gasteiger partial charge in [-0.25, -0.2) is 0 Å². The van der Waals surface area contributed by atoms with E-state index in [0.29, 0.717) is 11.4 Å². The molecule has 0 bridgehead atoms. The van der Waals surface area contributed by atoms with Crippen molar-refractivity contribution in [2.45, 2.75) is 6.54 Å². The lowest BCUT2D eigenvalue weighted by Crippen LogP contribution is -1.97. The van der Waals surface area contributed by atoms with Crippen LogP contribution in [0.3, 0.4) is 0 Å². The normalized spacial score (nSPS) is 10.3. The van der Waals surface area contributed by atoms with Crippen molar-refractivity contribution in [3.05, 3.63) is 51.2 Å². The maximum absolute atomic E-state index is 10.4. The second-order valence-corrected chi connectivity index (χ2v) is 3.92. The topological polar surface area (TPSA) is 88.5 Å². The zero-order valence-corrected chi connectivity index (χ0v) is 9.85. The third kappa shape index (κ3) is 2.72. The number of aromatic hydroxyl groups is 1. The average Bonchev–Trinajstić information content (AvgIpc) is 2.79. The number of nitro groups is 1. The summed E-state index contributed by atoms with van der Waals surface area (Å²) in [6.07, 6.45) is 0. The molecule has 0 saturated carbocycles. The predicted octanol–water partition coefficient (Wildman–Crippen LogP) is 3.16. The smallest absolute Gasteiger partial charge is 0.433 e. The molecule has 0 fully saturated rings. The highest BCUT2D eigenvalue weighted by molar-refractivity contribution is 6.32. The fourth-order valence-electron chi connectivity index (χ4n) is 1.37. The van der Waals surface area contributed by atoms with E-state index in [9.17, 15) is 15.2 Å². The third-order valence-electron chi connectivity index (χ3n) is 2.24. The molecule has 1 heterocycles. The molecule has 2 N–H and O–H groups in total. The number of rotatable bonds is 4. The van der Waals surface area contributed by atoms with E-state index in [1.807, 2.05) is 0 Å². The van der Waals surface area contributed by atoms with Gasteiger partial charge in [0.25, 0.3) is 0 Å². The standard InChI is InChI=1S/C11H9ClN2O4/c12-9-5-7(1-3-10(9)15)13-6-8-2-4-11(18-8)14(16)17/h1-5,13,15H,6H2. The lowest BCUT2D eigenvalue weighted by atomic mass is 10.3. The predicted molar refractivity (Wildman–Crippen MR) is 65.8 cm³/mol. The van der Waals surface area contributed by atoms with E-state index < -0.39 is 4.92 Å². The number of furan rings is 1. The molecular formula is C11H9ClN2O4. The summed E-state index contributed by atoms with van der Waals surface area (Å²) in [5, 5.41) is 22.9. The lowest BCUT2D eigenvalue weighted by Gasteiger charge is -2.05. The van der Waals surface area contributed by atoms with Crippen molar-refractivity contribution >= 4 is 23.2 Å². The first-order chi connectivity index (χ1) is 8.56. The molecule has 0 unspecified atom stereocenters. The second-order valence-electron chi connectivity index (χ2n) is 3.52. The van der Waals surface area contributed by atoms with Gasteiger partial charge < -0.3 is 14.8 Å². The molecule has 0 saturated heterocycles. The summed E-state index contributed by atoms with van der Waals surface area (Å²) in [5.74, 6) is 0.136. The maximum Gasteiger partial charge on any atom is 0.433 e. The van der Waals surface area contributed by atoms with Crippen molar-refractivity contribution in [2.24, 2.45) is 0 Å². The van der Waals surface area contributed by atoms with Gasteiger partial charge >= 0.3 is 5.88 Å². The van der Waals surface area contributed by atoms with E-state index in [0.717, 1.165) is 0 Å². The highest BCUT2D eigenvalue weighted by Gasteiger charge is 2.11. The van der Waals surface area contributed by atoms with Gasteiger partial charge in [0.1, 0.15) is 16.4 Å². The van der Waals surface area contributed by atoms with Crippen LogP contribution in [-0.4, -0.2) is 10.0 Å². The SMILES string of the molecule is O=[N+]([O-])c1ccc(CNc2ccc(O)c(Cl)c2)o1. The number of phenolic OH excluding ortho intramolecular Hbond substituents is 1. The first-order valence-corrected chi connectivity index (χ1v) is 5.39. The van der Waals surface area contributed by atoms with Crippen molar-refractivity contribution in [3.63, 3.8) is 0 Å². The summed E-state index contributed by atoms with van der Waals surface area (Å²) in [5.41, 5.74) is 0.678. The lowest BCUT2D eigenvalue weighted by molar-refractivity contribution is -0.402. The van der Waals surface area contributed by atoms with Gasteiger partial charge in [-0.3, -0.25) is 10.1 Å². The molecule has 0 aliphatic heterocycles. The quantitative estimate of drug-likeness (QED) is 0.505. The number of hydrogen-bond donors (Lipinski definition) is 2. The molecule has 0 radical (unpaired) electrons. The largest absolute Gasteiger partial charge is 0.506 e. The van der Waals surface area contributed by atoms with Gasteiger partial charge in [0.15, 0.2) is 0 Å². The molecule has 7 heteroatoms. The third-order valence-corrected chi connectivity index (χ3v) is 2.54. The van der Waals surface area contributed by atoms with Gasteiger partial charge in [-0.2, -0.15) is 0 Å². The molecule has 0 aliphatic carbocycles. The van der Waals surface area contributed by atoms with Crippen LogP contribution < -0.4 is 5.32 Å². The Labute approximate surface area is 107 Å². The molecule has 0 amide bonds. The van der Waals surface area contributed by atoms with E-state index in [-0.39, 0.29) is 23.2 Å². The van der Waals surface area contributed by atoms with E-state index in [1.54, 1.807) is 12.1 Å². The Balaban J connectivity index is 2.02. The van der Waals surface area contributed by atoms with Crippen LogP contribution in [-0.2, 0) is 6.54 Å². The fourth-order valence-corrected chi connectivity index (χ4v) is 1.55. The molecule has 94 valence electrons. The first kappa shape index (κ1) is 12.3. The molecule has 2 rings (SSSR count). The molecule has 0 atom stereocenters. The summed E-state index contributed by atoms with van der Waals surface area (Å²) in [4.78, 5) is 9.82. The number of phenols is 1. The van der Waals surface area contributed by atoms with Gasteiger partial charge in [-0.05, 0) is 24.3 Å². The number of halogens is 1. The van der Waals surface area contributed by atoms with Crippen LogP contribution >= 0.6 is 11.6 Å². The molecule has 0 aliphatic rings. The van der Waals surface area contributed by atoms with Crippen molar-refractivity contribution in [1.29, 1.82) is 0 Å². The van der Waals surface area contributed by atoms with E-state index >= 15 is 0 Å². The van der Waals surface area contributed by atoms with Crippen LogP contribution in [0, 0.1) is 10.1 Å². The fraction of sp³-hybridized carbons (Fsp3) is 0.0909. The molecule has 6 nitrogen and oxygen atoms in total. The summed E-state index contributed by atoms with van der Waals surface area (Å²) in [6, 6.07) is 7.45. The minimum atomic E-state index is -0.596. The number of benzene rings is 1. The Kier molecular flexibility index (Phi) is 3.38. The van der Waals surface area contributed by atoms with Crippen molar-refractivity contribution in [1.82, 2.24) is 0 Å². The number of nitrogens with zero attached hydrogens (tertiary/aromatic N) is 1. The van der Waals surface area contributed by atoms with Crippen LogP contribution in [0.15, 0.2) is 34.7 Å². The van der Waals surface area contributed by atoms with Crippen LogP contribution in [0.2, 0.25) is 5.02 Å². The Bertz CT molecular complexity index is 582. The zero-order chi connectivity index (χ0) is 13.1. The Hall–Kier alpha value is -2.21. The highest BCUT2D eigenvalue weighted by Crippen LogP contribution is 2.26. The summed E-state index contributed by atoms with van der Waals surface area (Å²) >= 11 is 5.74. The van der Waals surface area contributed by atoms with E-state index in [1.165, 1.54) is 18.2 Å². The molecule has 1 aromatic heterocycles. The Morgan fingerprint density at radius 2 is 2.17 bits per heavy atom. The van der Waals surface area contributed by atoms with Crippen LogP contribution in [0.25, 0.3) is 0 Å². The van der Waals surface area contributed by atoms with Gasteiger partial charge in [-0.1, -0.05) is 11.6 Å². The minimum Gasteiger partial charge on any atom is -0.506 e. The van der Waals surface area contributed by atoms with E-state index in [2.05, 4.69) is 5.32 Å². The van der Waals surface area contributed by atoms with Gasteiger partial charge in [0.05, 0.1) is 17.6 Å². The van der Waals surface area contributed by atoms with Gasteiger partial charge in [-0.15, -0.1) is 0 Å². The summed E-state index contributed by atoms with van der Waals surface area (Å²) in [7, 11) is 0. The monoisotopic (exact) mass is 268 g/mol. The average molecular weight is 269 g/mol. The Morgan fingerprint density at radius 3 is 2.78 bits per heavy atom. The number of nitrogens with one attached hydrogen (secondary N) is 1. The van der Waals surface area contributed by atoms with Crippen molar-refractivity contribution in [3.8, 4) is 5.75 Å². The molecule has 18 heavy (non-hydrogen) atoms. The number of anilines is 1. The molecule has 0 spiro atoms. The van der Waals surface area contributed by atoms with Gasteiger partial charge in [0.2, 0.25) is 0 Å². The van der Waals surface area contributed by atoms with Crippen LogP contribution in [0.4, 0.5) is 11.6 Å². The van der Waals surface area contributed by atoms with E-state index in [4.69, 9.17) is 16.0 Å². The van der Waals surface area contributed by atoms with Gasteiger partial charge in [0, 0.05) is 5.69 Å². The molecular weight excluding hydrogens is 260 g/mol. The summed E-state index contributed by atoms with van der Waals surface area (Å²) < 4.78 is 4.98. The minimum absolute atomic E-state index is 0.00384. The summed E-state index contributed by atoms with van der Waals surface area (Å²) in [6.45, 7) is 0.287. The molecule has 1 aromatic carbocycles. The van der Waals surface area contributed by atoms with Crippen LogP contribution in [0.1, 0.15) is 5.76 Å². The maximum atomic E-state index is 10.4. The number of hydrogen-bond acceptors (Lipinski definition) is 5. The van der Waals surface area contributed by atoms with Crippen molar-refractivity contribution < 1.29 is 14.4 Å². The molecule has 2 aromatic rings. The Morgan fingerprint density at radius 1 is 1.39 bits per heavy atom. The van der Waals surface area contributed by atoms with Crippen LogP contribution in [0.5, 0.6) is 5.75 Å². The first-order valence-electron chi connectivity index (χ1n) is 5.02. The highest BCUT2D eigenvalue weighted by atomic mass is 35.5. The van der Waals surface area contributed by atoms with Crippen molar-refractivity contribution in [2.75, 3.05) is 5.32 Å². The second kappa shape index (κ2) is 4.97. The zero-order valence-electron chi connectivity index (χ0n) is 9.09.